The van der Waals surface area contributed by atoms with E-state index in [0.717, 1.165) is 0 Å². The van der Waals surface area contributed by atoms with Crippen molar-refractivity contribution in [2.75, 3.05) is 25.6 Å². The number of carbonyl (C=O) groups excluding carboxylic acids is 1. The average molecular weight is 627 g/mol. The number of nitrogens with one attached hydrogen (secondary N) is 1. The van der Waals surface area contributed by atoms with Gasteiger partial charge in [-0.15, -0.1) is 0 Å². The first-order valence-electron chi connectivity index (χ1n) is 13.7. The van der Waals surface area contributed by atoms with Crippen LogP contribution in [-0.4, -0.2) is 57.5 Å². The van der Waals surface area contributed by atoms with E-state index in [-0.39, 0.29) is 41.2 Å². The lowest BCUT2D eigenvalue weighted by Gasteiger charge is -2.27. The fourth-order valence-electron chi connectivity index (χ4n) is 3.63. The van der Waals surface area contributed by atoms with Gasteiger partial charge in [0, 0.05) is 0 Å². The Balaban J connectivity index is 1.76. The van der Waals surface area contributed by atoms with Crippen LogP contribution in [0, 0.1) is 5.41 Å². The van der Waals surface area contributed by atoms with Gasteiger partial charge in [-0.05, 0) is 44.7 Å². The number of ether oxygens (including phenoxy) is 3. The molecule has 3 aromatic rings. The van der Waals surface area contributed by atoms with E-state index in [1.807, 2.05) is 34.6 Å². The molecule has 232 valence electrons. The first-order valence-corrected chi connectivity index (χ1v) is 15.6. The van der Waals surface area contributed by atoms with Gasteiger partial charge in [-0.1, -0.05) is 51.4 Å². The van der Waals surface area contributed by atoms with Gasteiger partial charge in [0.25, 0.3) is 0 Å². The molecule has 0 aliphatic heterocycles. The minimum atomic E-state index is -4.16. The molecule has 0 fully saturated rings. The number of nitrogens with zero attached hydrogens (tertiary/aromatic N) is 4. The van der Waals surface area contributed by atoms with Gasteiger partial charge >= 0.3 is 13.7 Å². The summed E-state index contributed by atoms with van der Waals surface area (Å²) >= 11 is 6.25. The number of benzene rings is 1. The van der Waals surface area contributed by atoms with Crippen LogP contribution in [0.3, 0.4) is 0 Å². The van der Waals surface area contributed by atoms with Crippen molar-refractivity contribution in [3.05, 3.63) is 35.6 Å². The monoisotopic (exact) mass is 626 g/mol. The molecule has 2 aromatic heterocycles. The van der Waals surface area contributed by atoms with Gasteiger partial charge in [-0.2, -0.15) is 15.1 Å². The molecule has 3 N–H and O–H groups in total. The number of fused-ring (bicyclic) bond motifs is 1. The molecule has 0 aliphatic carbocycles. The Bertz CT molecular complexity index is 1400. The molecule has 4 atom stereocenters. The van der Waals surface area contributed by atoms with Gasteiger partial charge in [0.05, 0.1) is 37.3 Å². The van der Waals surface area contributed by atoms with Gasteiger partial charge in [0.2, 0.25) is 11.8 Å². The van der Waals surface area contributed by atoms with Crippen LogP contribution in [-0.2, 0) is 23.4 Å². The van der Waals surface area contributed by atoms with Crippen molar-refractivity contribution < 1.29 is 32.6 Å². The highest BCUT2D eigenvalue weighted by molar-refractivity contribution is 7.52. The molecular weight excluding hydrogens is 587 g/mol. The number of carbonyl (C=O) groups is 1. The molecular formula is C27H40ClN6O7P. The molecule has 3 rings (SSSR count). The molecule has 1 unspecified atom stereocenters. The van der Waals surface area contributed by atoms with Gasteiger partial charge in [0.1, 0.15) is 18.0 Å². The second kappa shape index (κ2) is 14.5. The highest BCUT2D eigenvalue weighted by Gasteiger charge is 2.34. The normalized spacial score (nSPS) is 15.5. The van der Waals surface area contributed by atoms with Crippen LogP contribution in [0.1, 0.15) is 61.1 Å². The smallest absolute Gasteiger partial charge is 0.459 e. The van der Waals surface area contributed by atoms with E-state index >= 15 is 0 Å². The van der Waals surface area contributed by atoms with Crippen LogP contribution in [0.15, 0.2) is 30.6 Å². The molecule has 0 saturated carbocycles. The van der Waals surface area contributed by atoms with Gasteiger partial charge < -0.3 is 24.5 Å². The van der Waals surface area contributed by atoms with Crippen LogP contribution >= 0.6 is 19.3 Å². The summed E-state index contributed by atoms with van der Waals surface area (Å²) in [5, 5.41) is 2.90. The van der Waals surface area contributed by atoms with Gasteiger partial charge in [0.15, 0.2) is 11.2 Å². The third kappa shape index (κ3) is 9.27. The number of hydrogen-bond acceptors (Lipinski definition) is 11. The first-order chi connectivity index (χ1) is 19.7. The number of imidazole rings is 1. The summed E-state index contributed by atoms with van der Waals surface area (Å²) in [6.45, 7) is 13.3. The van der Waals surface area contributed by atoms with Crippen LogP contribution in [0.2, 0.25) is 5.02 Å². The van der Waals surface area contributed by atoms with E-state index in [9.17, 15) is 9.36 Å². The topological polar surface area (TPSA) is 162 Å². The zero-order chi connectivity index (χ0) is 31.1. The minimum absolute atomic E-state index is 0.0363. The van der Waals surface area contributed by atoms with Crippen molar-refractivity contribution in [1.29, 1.82) is 0 Å². The number of nitrogen functional groups attached to an aromatic ring is 1. The van der Waals surface area contributed by atoms with Gasteiger partial charge in [-0.25, -0.2) is 9.55 Å². The maximum Gasteiger partial charge on any atom is 0.459 e. The lowest BCUT2D eigenvalue weighted by atomic mass is 9.99. The number of rotatable bonds is 15. The van der Waals surface area contributed by atoms with Crippen molar-refractivity contribution in [3.8, 4) is 11.6 Å². The SMILES string of the molecule is CCOc1nc(N)nc2c1ncn2[C@@H](C)O[C@@H](CC)COP(=O)(N[C@@H](C)C(=O)OCC(C)(C)C)Oc1ccccc1Cl. The Morgan fingerprint density at radius 2 is 1.90 bits per heavy atom. The van der Waals surface area contributed by atoms with E-state index in [1.165, 1.54) is 6.92 Å². The summed E-state index contributed by atoms with van der Waals surface area (Å²) in [7, 11) is -4.16. The fourth-order valence-corrected chi connectivity index (χ4v) is 5.40. The largest absolute Gasteiger partial charge is 0.476 e. The molecule has 0 aliphatic rings. The molecule has 42 heavy (non-hydrogen) atoms. The van der Waals surface area contributed by atoms with Gasteiger partial charge in [-0.3, -0.25) is 13.9 Å². The Labute approximate surface area is 251 Å². The molecule has 0 spiro atoms. The molecule has 0 bridgehead atoms. The number of aromatic nitrogens is 4. The zero-order valence-electron chi connectivity index (χ0n) is 25.0. The van der Waals surface area contributed by atoms with E-state index in [0.29, 0.717) is 24.2 Å². The summed E-state index contributed by atoms with van der Waals surface area (Å²) in [4.78, 5) is 25.4. The number of nitrogens with two attached hydrogens (primary N) is 1. The second-order valence-corrected chi connectivity index (χ2v) is 12.8. The number of esters is 1. The maximum atomic E-state index is 14.0. The van der Waals surface area contributed by atoms with Crippen molar-refractivity contribution >= 4 is 42.4 Å². The maximum absolute atomic E-state index is 14.0. The second-order valence-electron chi connectivity index (χ2n) is 10.7. The quantitative estimate of drug-likeness (QED) is 0.160. The lowest BCUT2D eigenvalue weighted by molar-refractivity contribution is -0.148. The Hall–Kier alpha value is -2.96. The molecule has 0 radical (unpaired) electrons. The number of para-hydroxylation sites is 1. The summed E-state index contributed by atoms with van der Waals surface area (Å²) in [5.41, 5.74) is 6.52. The summed E-state index contributed by atoms with van der Waals surface area (Å²) in [6, 6.07) is 5.51. The standard InChI is InChI=1S/C27H40ClN6O7P/c1-8-19(40-18(4)34-16-30-22-23(34)31-26(29)32-24(22)37-9-2)14-39-42(36,41-21-13-11-10-12-20(21)28)33-17(3)25(35)38-15-27(5,6)7/h10-13,16-19H,8-9,14-15H2,1-7H3,(H,33,36)(H2,29,31,32)/t17-,18+,19-,42?/m0/s1. The minimum Gasteiger partial charge on any atom is -0.476 e. The van der Waals surface area contributed by atoms with E-state index in [2.05, 4.69) is 20.0 Å². The van der Waals surface area contributed by atoms with E-state index in [4.69, 9.17) is 40.6 Å². The molecule has 1 aromatic carbocycles. The third-order valence-corrected chi connectivity index (χ3v) is 7.70. The fraction of sp³-hybridized carbons (Fsp3) is 0.556. The molecule has 0 saturated heterocycles. The van der Waals surface area contributed by atoms with E-state index in [1.54, 1.807) is 42.1 Å². The zero-order valence-corrected chi connectivity index (χ0v) is 26.6. The number of anilines is 1. The Kier molecular flexibility index (Phi) is 11.6. The van der Waals surface area contributed by atoms with Crippen molar-refractivity contribution in [2.24, 2.45) is 5.41 Å². The van der Waals surface area contributed by atoms with E-state index < -0.39 is 32.1 Å². The summed E-state index contributed by atoms with van der Waals surface area (Å²) in [5.74, 6) is -0.165. The predicted molar refractivity (Wildman–Crippen MR) is 159 cm³/mol. The Morgan fingerprint density at radius 1 is 1.19 bits per heavy atom. The lowest BCUT2D eigenvalue weighted by Crippen LogP contribution is -2.37. The molecule has 0 amide bonds. The van der Waals surface area contributed by atoms with Crippen LogP contribution in [0.25, 0.3) is 11.2 Å². The van der Waals surface area contributed by atoms with Crippen molar-refractivity contribution in [2.45, 2.75) is 73.3 Å². The number of hydrogen-bond donors (Lipinski definition) is 2. The number of halogens is 1. The first kappa shape index (κ1) is 33.5. The van der Waals surface area contributed by atoms with Crippen LogP contribution < -0.4 is 20.1 Å². The van der Waals surface area contributed by atoms with Crippen molar-refractivity contribution in [3.63, 3.8) is 0 Å². The predicted octanol–water partition coefficient (Wildman–Crippen LogP) is 5.55. The highest BCUT2D eigenvalue weighted by atomic mass is 35.5. The summed E-state index contributed by atoms with van der Waals surface area (Å²) < 4.78 is 44.4. The molecule has 15 heteroatoms. The summed E-state index contributed by atoms with van der Waals surface area (Å²) in [6.07, 6.45) is 0.928. The molecule has 13 nitrogen and oxygen atoms in total. The van der Waals surface area contributed by atoms with Crippen LogP contribution in [0.5, 0.6) is 11.6 Å². The average Bonchev–Trinajstić information content (AvgIpc) is 3.34. The molecule has 2 heterocycles. The third-order valence-electron chi connectivity index (χ3n) is 5.76. The van der Waals surface area contributed by atoms with Crippen molar-refractivity contribution in [1.82, 2.24) is 24.6 Å². The van der Waals surface area contributed by atoms with Crippen LogP contribution in [0.4, 0.5) is 5.95 Å². The highest BCUT2D eigenvalue weighted by Crippen LogP contribution is 2.47. The Morgan fingerprint density at radius 3 is 2.55 bits per heavy atom.